The molecule has 0 atom stereocenters. The zero-order valence-electron chi connectivity index (χ0n) is 12.1. The molecule has 0 bridgehead atoms. The number of hydrogen-bond donors (Lipinski definition) is 0. The van der Waals surface area contributed by atoms with Crippen molar-refractivity contribution in [1.29, 1.82) is 5.26 Å². The molecule has 0 saturated heterocycles. The van der Waals surface area contributed by atoms with Crippen molar-refractivity contribution in [2.75, 3.05) is 6.61 Å². The van der Waals surface area contributed by atoms with Crippen LogP contribution in [-0.2, 0) is 14.3 Å². The van der Waals surface area contributed by atoms with E-state index < -0.39 is 11.9 Å². The highest BCUT2D eigenvalue weighted by Crippen LogP contribution is 2.16. The van der Waals surface area contributed by atoms with Gasteiger partial charge in [0.05, 0.1) is 6.61 Å². The van der Waals surface area contributed by atoms with Gasteiger partial charge in [-0.25, -0.2) is 4.79 Å². The fourth-order valence-electron chi connectivity index (χ4n) is 1.52. The highest BCUT2D eigenvalue weighted by molar-refractivity contribution is 5.97. The lowest BCUT2D eigenvalue weighted by Crippen LogP contribution is -2.07. The maximum Gasteiger partial charge on any atom is 0.348 e. The highest BCUT2D eigenvalue weighted by Gasteiger charge is 2.10. The van der Waals surface area contributed by atoms with E-state index in [1.165, 1.54) is 13.0 Å². The van der Waals surface area contributed by atoms with Gasteiger partial charge in [-0.15, -0.1) is 0 Å². The van der Waals surface area contributed by atoms with Crippen LogP contribution in [0.15, 0.2) is 29.8 Å². The minimum Gasteiger partial charge on any atom is -0.462 e. The summed E-state index contributed by atoms with van der Waals surface area (Å²) in [7, 11) is 0. The summed E-state index contributed by atoms with van der Waals surface area (Å²) in [5.41, 5.74) is 0.490. The first-order valence-corrected chi connectivity index (χ1v) is 6.64. The molecule has 0 aliphatic rings. The van der Waals surface area contributed by atoms with Crippen LogP contribution in [0.4, 0.5) is 0 Å². The van der Waals surface area contributed by atoms with Crippen molar-refractivity contribution in [2.24, 2.45) is 0 Å². The predicted molar refractivity (Wildman–Crippen MR) is 77.2 cm³/mol. The third kappa shape index (κ3) is 5.91. The molecule has 1 aromatic carbocycles. The molecule has 0 aromatic heterocycles. The molecule has 21 heavy (non-hydrogen) atoms. The van der Waals surface area contributed by atoms with E-state index >= 15 is 0 Å². The summed E-state index contributed by atoms with van der Waals surface area (Å²) in [5.74, 6) is -0.729. The number of hydrogen-bond acceptors (Lipinski definition) is 5. The van der Waals surface area contributed by atoms with Crippen LogP contribution in [-0.4, -0.2) is 18.5 Å². The van der Waals surface area contributed by atoms with Crippen molar-refractivity contribution in [1.82, 2.24) is 0 Å². The van der Waals surface area contributed by atoms with Gasteiger partial charge in [0.2, 0.25) is 0 Å². The number of benzene rings is 1. The summed E-state index contributed by atoms with van der Waals surface area (Å²) in [6.45, 7) is 3.57. The van der Waals surface area contributed by atoms with Crippen LogP contribution < -0.4 is 4.74 Å². The van der Waals surface area contributed by atoms with E-state index in [0.717, 1.165) is 12.8 Å². The molecule has 0 amide bonds. The van der Waals surface area contributed by atoms with Crippen LogP contribution in [0.2, 0.25) is 0 Å². The van der Waals surface area contributed by atoms with Gasteiger partial charge in [0.15, 0.2) is 0 Å². The number of carbonyl (C=O) groups excluding carboxylic acids is 2. The molecule has 0 fully saturated rings. The van der Waals surface area contributed by atoms with Crippen LogP contribution in [0, 0.1) is 11.3 Å². The molecule has 0 heterocycles. The molecular formula is C16H17NO4. The van der Waals surface area contributed by atoms with Gasteiger partial charge in [0.1, 0.15) is 17.4 Å². The van der Waals surface area contributed by atoms with Crippen molar-refractivity contribution < 1.29 is 19.1 Å². The molecule has 1 rings (SSSR count). The average molecular weight is 287 g/mol. The maximum atomic E-state index is 11.7. The monoisotopic (exact) mass is 287 g/mol. The zero-order valence-corrected chi connectivity index (χ0v) is 12.1. The Morgan fingerprint density at radius 2 is 2.14 bits per heavy atom. The van der Waals surface area contributed by atoms with Crippen molar-refractivity contribution in [3.63, 3.8) is 0 Å². The van der Waals surface area contributed by atoms with E-state index in [1.54, 1.807) is 24.3 Å². The summed E-state index contributed by atoms with van der Waals surface area (Å²) >= 11 is 0. The van der Waals surface area contributed by atoms with Gasteiger partial charge in [-0.05, 0) is 30.2 Å². The maximum absolute atomic E-state index is 11.7. The molecule has 5 nitrogen and oxygen atoms in total. The first-order chi connectivity index (χ1) is 10.1. The standard InChI is InChI=1S/C16H17NO4/c1-3-4-8-20-16(19)14(11-17)9-13-6-5-7-15(10-13)21-12(2)18/h5-7,9-10H,3-4,8H2,1-2H3/b14-9+. The first kappa shape index (κ1) is 16.4. The largest absolute Gasteiger partial charge is 0.462 e. The van der Waals surface area contributed by atoms with Gasteiger partial charge in [-0.2, -0.15) is 5.26 Å². The first-order valence-electron chi connectivity index (χ1n) is 6.64. The van der Waals surface area contributed by atoms with Gasteiger partial charge in [-0.3, -0.25) is 4.79 Å². The van der Waals surface area contributed by atoms with Crippen LogP contribution in [0.1, 0.15) is 32.3 Å². The Bertz CT molecular complexity index is 584. The third-order valence-electron chi connectivity index (χ3n) is 2.50. The van der Waals surface area contributed by atoms with Crippen LogP contribution in [0.3, 0.4) is 0 Å². The smallest absolute Gasteiger partial charge is 0.348 e. The summed E-state index contributed by atoms with van der Waals surface area (Å²) < 4.78 is 9.93. The van der Waals surface area contributed by atoms with Crippen LogP contribution in [0.5, 0.6) is 5.75 Å². The number of nitriles is 1. The Hall–Kier alpha value is -2.61. The van der Waals surface area contributed by atoms with Gasteiger partial charge >= 0.3 is 11.9 Å². The normalized spacial score (nSPS) is 10.6. The van der Waals surface area contributed by atoms with Gasteiger partial charge in [0, 0.05) is 6.92 Å². The van der Waals surface area contributed by atoms with Crippen molar-refractivity contribution in [3.8, 4) is 11.8 Å². The fourth-order valence-corrected chi connectivity index (χ4v) is 1.52. The van der Waals surface area contributed by atoms with Crippen LogP contribution >= 0.6 is 0 Å². The Morgan fingerprint density at radius 1 is 1.38 bits per heavy atom. The summed E-state index contributed by atoms with van der Waals surface area (Å²) in [6, 6.07) is 8.37. The Kier molecular flexibility index (Phi) is 6.69. The molecule has 0 saturated carbocycles. The van der Waals surface area contributed by atoms with Crippen LogP contribution in [0.25, 0.3) is 6.08 Å². The lowest BCUT2D eigenvalue weighted by atomic mass is 10.1. The number of nitrogens with zero attached hydrogens (tertiary/aromatic N) is 1. The SMILES string of the molecule is CCCCOC(=O)/C(C#N)=C/c1cccc(OC(C)=O)c1. The van der Waals surface area contributed by atoms with E-state index in [9.17, 15) is 9.59 Å². The van der Waals surface area contributed by atoms with E-state index in [-0.39, 0.29) is 5.57 Å². The molecule has 0 N–H and O–H groups in total. The molecule has 1 aromatic rings. The van der Waals surface area contributed by atoms with E-state index in [0.29, 0.717) is 17.9 Å². The number of esters is 2. The topological polar surface area (TPSA) is 76.4 Å². The molecule has 0 spiro atoms. The highest BCUT2D eigenvalue weighted by atomic mass is 16.5. The van der Waals surface area contributed by atoms with Crippen molar-refractivity contribution in [2.45, 2.75) is 26.7 Å². The second kappa shape index (κ2) is 8.54. The lowest BCUT2D eigenvalue weighted by Gasteiger charge is -2.04. The molecule has 5 heteroatoms. The van der Waals surface area contributed by atoms with Crippen molar-refractivity contribution in [3.05, 3.63) is 35.4 Å². The predicted octanol–water partition coefficient (Wildman–Crippen LogP) is 2.86. The Balaban J connectivity index is 2.85. The quantitative estimate of drug-likeness (QED) is 0.264. The molecular weight excluding hydrogens is 270 g/mol. The minimum atomic E-state index is -0.649. The molecule has 0 unspecified atom stereocenters. The molecule has 0 radical (unpaired) electrons. The number of carbonyl (C=O) groups is 2. The van der Waals surface area contributed by atoms with E-state index in [1.807, 2.05) is 13.0 Å². The number of ether oxygens (including phenoxy) is 2. The summed E-state index contributed by atoms with van der Waals surface area (Å²) in [5, 5.41) is 9.02. The third-order valence-corrected chi connectivity index (χ3v) is 2.50. The molecule has 0 aliphatic heterocycles. The van der Waals surface area contributed by atoms with Gasteiger partial charge < -0.3 is 9.47 Å². The summed E-state index contributed by atoms with van der Waals surface area (Å²) in [6.07, 6.45) is 3.07. The second-order valence-electron chi connectivity index (χ2n) is 4.33. The lowest BCUT2D eigenvalue weighted by molar-refractivity contribution is -0.138. The molecule has 110 valence electrons. The van der Waals surface area contributed by atoms with E-state index in [4.69, 9.17) is 14.7 Å². The van der Waals surface area contributed by atoms with Crippen molar-refractivity contribution >= 4 is 18.0 Å². The Morgan fingerprint density at radius 3 is 2.76 bits per heavy atom. The molecule has 0 aliphatic carbocycles. The average Bonchev–Trinajstić information content (AvgIpc) is 2.44. The minimum absolute atomic E-state index is 0.0916. The summed E-state index contributed by atoms with van der Waals surface area (Å²) in [4.78, 5) is 22.6. The fraction of sp³-hybridized carbons (Fsp3) is 0.312. The number of rotatable bonds is 6. The Labute approximate surface area is 123 Å². The second-order valence-corrected chi connectivity index (χ2v) is 4.33. The van der Waals surface area contributed by atoms with E-state index in [2.05, 4.69) is 0 Å². The van der Waals surface area contributed by atoms with Gasteiger partial charge in [-0.1, -0.05) is 25.5 Å². The number of unbranched alkanes of at least 4 members (excludes halogenated alkanes) is 1. The van der Waals surface area contributed by atoms with Gasteiger partial charge in [0.25, 0.3) is 0 Å². The zero-order chi connectivity index (χ0) is 15.7.